The zero-order chi connectivity index (χ0) is 11.2. The minimum Gasteiger partial charge on any atom is -0.383 e. The van der Waals surface area contributed by atoms with Crippen LogP contribution in [0.1, 0.15) is 19.3 Å². The molecule has 0 radical (unpaired) electrons. The van der Waals surface area contributed by atoms with E-state index in [0.717, 1.165) is 24.8 Å². The van der Waals surface area contributed by atoms with Gasteiger partial charge in [0.2, 0.25) is 0 Å². The molecule has 0 unspecified atom stereocenters. The quantitative estimate of drug-likeness (QED) is 0.717. The Bertz CT molecular complexity index is 308. The van der Waals surface area contributed by atoms with Crippen molar-refractivity contribution in [1.29, 1.82) is 0 Å². The predicted octanol–water partition coefficient (Wildman–Crippen LogP) is 3.05. The molecule has 1 aliphatic carbocycles. The zero-order valence-electron chi connectivity index (χ0n) is 9.42. The Morgan fingerprint density at radius 2 is 1.94 bits per heavy atom. The molecule has 2 nitrogen and oxygen atoms in total. The Morgan fingerprint density at radius 3 is 2.62 bits per heavy atom. The normalized spacial score (nSPS) is 15.1. The predicted molar refractivity (Wildman–Crippen MR) is 63.0 cm³/mol. The fourth-order valence-electron chi connectivity index (χ4n) is 1.59. The average molecular weight is 223 g/mol. The fourth-order valence-corrected chi connectivity index (χ4v) is 1.59. The number of benzene rings is 1. The Kier molecular flexibility index (Phi) is 4.17. The lowest BCUT2D eigenvalue weighted by molar-refractivity contribution is 0.137. The summed E-state index contributed by atoms with van der Waals surface area (Å²) >= 11 is 0. The van der Waals surface area contributed by atoms with Crippen LogP contribution in [0.25, 0.3) is 0 Å². The number of nitrogens with one attached hydrogen (secondary N) is 1. The molecule has 0 bridgehead atoms. The first kappa shape index (κ1) is 11.4. The van der Waals surface area contributed by atoms with Gasteiger partial charge in [0.15, 0.2) is 0 Å². The monoisotopic (exact) mass is 223 g/mol. The van der Waals surface area contributed by atoms with E-state index in [-0.39, 0.29) is 5.82 Å². The maximum absolute atomic E-state index is 12.6. The van der Waals surface area contributed by atoms with Gasteiger partial charge in [0.1, 0.15) is 5.82 Å². The van der Waals surface area contributed by atoms with Gasteiger partial charge in [0.05, 0.1) is 6.61 Å². The molecule has 1 aromatic rings. The number of hydrogen-bond donors (Lipinski definition) is 1. The molecule has 0 atom stereocenters. The molecule has 1 N–H and O–H groups in total. The zero-order valence-corrected chi connectivity index (χ0v) is 9.42. The highest BCUT2D eigenvalue weighted by atomic mass is 19.1. The van der Waals surface area contributed by atoms with Crippen molar-refractivity contribution in [2.45, 2.75) is 19.3 Å². The van der Waals surface area contributed by atoms with Gasteiger partial charge in [-0.15, -0.1) is 0 Å². The van der Waals surface area contributed by atoms with E-state index in [4.69, 9.17) is 4.74 Å². The molecule has 1 aromatic carbocycles. The van der Waals surface area contributed by atoms with Gasteiger partial charge >= 0.3 is 0 Å². The number of anilines is 1. The summed E-state index contributed by atoms with van der Waals surface area (Å²) in [7, 11) is 0. The number of halogens is 1. The highest BCUT2D eigenvalue weighted by Crippen LogP contribution is 2.31. The Hall–Kier alpha value is -1.09. The van der Waals surface area contributed by atoms with Crippen molar-refractivity contribution in [3.05, 3.63) is 30.1 Å². The van der Waals surface area contributed by atoms with E-state index in [1.54, 1.807) is 12.1 Å². The smallest absolute Gasteiger partial charge is 0.123 e. The third-order valence-corrected chi connectivity index (χ3v) is 2.79. The first-order valence-electron chi connectivity index (χ1n) is 5.92. The molecule has 0 spiro atoms. The number of rotatable bonds is 7. The van der Waals surface area contributed by atoms with Gasteiger partial charge in [-0.2, -0.15) is 0 Å². The van der Waals surface area contributed by atoms with Gasteiger partial charge in [-0.1, -0.05) is 12.8 Å². The summed E-state index contributed by atoms with van der Waals surface area (Å²) < 4.78 is 18.1. The second kappa shape index (κ2) is 5.85. The van der Waals surface area contributed by atoms with Crippen molar-refractivity contribution in [2.75, 3.05) is 25.1 Å². The molecule has 88 valence electrons. The number of hydrogen-bond acceptors (Lipinski definition) is 2. The van der Waals surface area contributed by atoms with E-state index in [1.807, 2.05) is 0 Å². The molecule has 1 aliphatic rings. The first-order chi connectivity index (χ1) is 7.84. The summed E-state index contributed by atoms with van der Waals surface area (Å²) in [5.41, 5.74) is 0.937. The molecule has 0 aromatic heterocycles. The summed E-state index contributed by atoms with van der Waals surface area (Å²) in [6.45, 7) is 2.36. The van der Waals surface area contributed by atoms with Crippen molar-refractivity contribution in [2.24, 2.45) is 5.92 Å². The van der Waals surface area contributed by atoms with Crippen LogP contribution in [0.5, 0.6) is 0 Å². The molecule has 0 heterocycles. The van der Waals surface area contributed by atoms with Crippen molar-refractivity contribution in [3.8, 4) is 0 Å². The summed E-state index contributed by atoms with van der Waals surface area (Å²) in [5.74, 6) is 0.733. The van der Waals surface area contributed by atoms with E-state index in [0.29, 0.717) is 6.61 Å². The van der Waals surface area contributed by atoms with Crippen molar-refractivity contribution in [3.63, 3.8) is 0 Å². The second-order valence-corrected chi connectivity index (χ2v) is 4.28. The SMILES string of the molecule is Fc1ccc(NCCOCCC2CC2)cc1. The van der Waals surface area contributed by atoms with Crippen LogP contribution in [-0.4, -0.2) is 19.8 Å². The third kappa shape index (κ3) is 4.19. The van der Waals surface area contributed by atoms with Gasteiger partial charge in [0.25, 0.3) is 0 Å². The largest absolute Gasteiger partial charge is 0.383 e. The fraction of sp³-hybridized carbons (Fsp3) is 0.538. The van der Waals surface area contributed by atoms with Crippen LogP contribution in [0.2, 0.25) is 0 Å². The van der Waals surface area contributed by atoms with Gasteiger partial charge in [-0.3, -0.25) is 0 Å². The van der Waals surface area contributed by atoms with Crippen LogP contribution in [0, 0.1) is 11.7 Å². The van der Waals surface area contributed by atoms with Gasteiger partial charge in [-0.05, 0) is 36.6 Å². The Balaban J connectivity index is 1.51. The van der Waals surface area contributed by atoms with E-state index in [9.17, 15) is 4.39 Å². The van der Waals surface area contributed by atoms with Gasteiger partial charge < -0.3 is 10.1 Å². The van der Waals surface area contributed by atoms with Crippen molar-refractivity contribution in [1.82, 2.24) is 0 Å². The van der Waals surface area contributed by atoms with E-state index in [2.05, 4.69) is 5.32 Å². The minimum absolute atomic E-state index is 0.203. The number of ether oxygens (including phenoxy) is 1. The molecular formula is C13H18FNO. The Labute approximate surface area is 95.8 Å². The maximum atomic E-state index is 12.6. The van der Waals surface area contributed by atoms with Crippen molar-refractivity contribution >= 4 is 5.69 Å². The van der Waals surface area contributed by atoms with E-state index >= 15 is 0 Å². The highest BCUT2D eigenvalue weighted by molar-refractivity contribution is 5.42. The molecule has 0 amide bonds. The standard InChI is InChI=1S/C13H18FNO/c14-12-3-5-13(6-4-12)15-8-10-16-9-7-11-1-2-11/h3-6,11,15H,1-2,7-10H2. The van der Waals surface area contributed by atoms with Crippen LogP contribution < -0.4 is 5.32 Å². The maximum Gasteiger partial charge on any atom is 0.123 e. The summed E-state index contributed by atoms with van der Waals surface area (Å²) in [5, 5.41) is 3.18. The van der Waals surface area contributed by atoms with Crippen LogP contribution in [-0.2, 0) is 4.74 Å². The van der Waals surface area contributed by atoms with Gasteiger partial charge in [0, 0.05) is 18.8 Å². The molecule has 16 heavy (non-hydrogen) atoms. The molecule has 0 saturated heterocycles. The van der Waals surface area contributed by atoms with E-state index in [1.165, 1.54) is 31.4 Å². The molecule has 1 saturated carbocycles. The van der Waals surface area contributed by atoms with Crippen LogP contribution in [0.4, 0.5) is 10.1 Å². The minimum atomic E-state index is -0.203. The summed E-state index contributed by atoms with van der Waals surface area (Å²) in [6, 6.07) is 6.38. The molecule has 2 rings (SSSR count). The summed E-state index contributed by atoms with van der Waals surface area (Å²) in [6.07, 6.45) is 3.98. The lowest BCUT2D eigenvalue weighted by Gasteiger charge is -2.07. The molecular weight excluding hydrogens is 205 g/mol. The van der Waals surface area contributed by atoms with Crippen molar-refractivity contribution < 1.29 is 9.13 Å². The topological polar surface area (TPSA) is 21.3 Å². The lowest BCUT2D eigenvalue weighted by atomic mass is 10.3. The Morgan fingerprint density at radius 1 is 1.19 bits per heavy atom. The molecule has 0 aliphatic heterocycles. The first-order valence-corrected chi connectivity index (χ1v) is 5.92. The van der Waals surface area contributed by atoms with E-state index < -0.39 is 0 Å². The average Bonchev–Trinajstić information content (AvgIpc) is 3.10. The van der Waals surface area contributed by atoms with Crippen LogP contribution in [0.15, 0.2) is 24.3 Å². The molecule has 1 fully saturated rings. The highest BCUT2D eigenvalue weighted by Gasteiger charge is 2.20. The summed E-state index contributed by atoms with van der Waals surface area (Å²) in [4.78, 5) is 0. The third-order valence-electron chi connectivity index (χ3n) is 2.79. The van der Waals surface area contributed by atoms with Crippen LogP contribution >= 0.6 is 0 Å². The molecule has 3 heteroatoms. The van der Waals surface area contributed by atoms with Crippen LogP contribution in [0.3, 0.4) is 0 Å². The lowest BCUT2D eigenvalue weighted by Crippen LogP contribution is -2.10. The second-order valence-electron chi connectivity index (χ2n) is 4.28. The van der Waals surface area contributed by atoms with Gasteiger partial charge in [-0.25, -0.2) is 4.39 Å².